The number of carbonyl (C=O) groups is 1. The summed E-state index contributed by atoms with van der Waals surface area (Å²) in [6, 6.07) is 6.14. The van der Waals surface area contributed by atoms with E-state index in [-0.39, 0.29) is 12.1 Å². The van der Waals surface area contributed by atoms with E-state index < -0.39 is 5.60 Å². The summed E-state index contributed by atoms with van der Waals surface area (Å²) in [5.41, 5.74) is 2.44. The van der Waals surface area contributed by atoms with Crippen molar-refractivity contribution in [1.82, 2.24) is 13.6 Å². The lowest BCUT2D eigenvalue weighted by molar-refractivity contribution is 0.00365. The number of hydrogen-bond donors (Lipinski definition) is 0. The lowest BCUT2D eigenvalue weighted by Gasteiger charge is -2.39. The molecular formula is C17H23N3O2S. The number of nitrogens with zero attached hydrogens (tertiary/aromatic N) is 3. The monoisotopic (exact) mass is 333 g/mol. The third-order valence-electron chi connectivity index (χ3n) is 4.11. The van der Waals surface area contributed by atoms with Gasteiger partial charge < -0.3 is 9.64 Å². The van der Waals surface area contributed by atoms with Gasteiger partial charge in [0.2, 0.25) is 0 Å². The van der Waals surface area contributed by atoms with E-state index in [4.69, 9.17) is 4.74 Å². The van der Waals surface area contributed by atoms with Gasteiger partial charge in [0.1, 0.15) is 16.6 Å². The lowest BCUT2D eigenvalue weighted by Crippen LogP contribution is -2.44. The van der Waals surface area contributed by atoms with Crippen LogP contribution in [-0.2, 0) is 4.74 Å². The van der Waals surface area contributed by atoms with Crippen molar-refractivity contribution in [3.63, 3.8) is 0 Å². The third-order valence-corrected chi connectivity index (χ3v) is 4.66. The highest BCUT2D eigenvalue weighted by Crippen LogP contribution is 2.35. The molecule has 2 aromatic rings. The fourth-order valence-corrected chi connectivity index (χ4v) is 3.55. The second kappa shape index (κ2) is 6.07. The number of rotatable bonds is 1. The molecule has 0 saturated carbocycles. The van der Waals surface area contributed by atoms with Gasteiger partial charge in [0.05, 0.1) is 17.8 Å². The Bertz CT molecular complexity index is 707. The van der Waals surface area contributed by atoms with Crippen molar-refractivity contribution in [1.29, 1.82) is 0 Å². The highest BCUT2D eigenvalue weighted by Gasteiger charge is 2.34. The van der Waals surface area contributed by atoms with Gasteiger partial charge in [-0.25, -0.2) is 4.79 Å². The Morgan fingerprint density at radius 3 is 2.74 bits per heavy atom. The molecule has 2 unspecified atom stereocenters. The number of hydrogen-bond acceptors (Lipinski definition) is 5. The molecule has 1 aliphatic rings. The fraction of sp³-hybridized carbons (Fsp3) is 0.588. The van der Waals surface area contributed by atoms with Gasteiger partial charge in [0, 0.05) is 6.54 Å². The Labute approximate surface area is 141 Å². The number of likely N-dealkylation sites (tertiary alicyclic amines) is 1. The number of benzene rings is 1. The second-order valence-electron chi connectivity index (χ2n) is 7.34. The number of amides is 1. The fourth-order valence-electron chi connectivity index (χ4n) is 3.03. The van der Waals surface area contributed by atoms with E-state index in [9.17, 15) is 4.79 Å². The van der Waals surface area contributed by atoms with Crippen LogP contribution in [0.1, 0.15) is 52.1 Å². The van der Waals surface area contributed by atoms with E-state index in [1.807, 2.05) is 31.7 Å². The maximum absolute atomic E-state index is 12.6. The molecular weight excluding hydrogens is 310 g/mol. The van der Waals surface area contributed by atoms with Crippen molar-refractivity contribution in [2.24, 2.45) is 5.92 Å². The van der Waals surface area contributed by atoms with Crippen LogP contribution in [0.2, 0.25) is 0 Å². The van der Waals surface area contributed by atoms with Crippen LogP contribution >= 0.6 is 11.7 Å². The van der Waals surface area contributed by atoms with Crippen molar-refractivity contribution < 1.29 is 9.53 Å². The SMILES string of the molecule is CC1CCC(c2ccc3nsnc3c2)N(C(=O)OC(C)(C)C)C1. The molecule has 1 aromatic carbocycles. The molecule has 5 nitrogen and oxygen atoms in total. The molecule has 1 fully saturated rings. The molecule has 1 saturated heterocycles. The first kappa shape index (κ1) is 16.2. The average molecular weight is 333 g/mol. The van der Waals surface area contributed by atoms with Crippen LogP contribution in [-0.4, -0.2) is 31.9 Å². The van der Waals surface area contributed by atoms with Crippen LogP contribution in [0.25, 0.3) is 11.0 Å². The van der Waals surface area contributed by atoms with E-state index >= 15 is 0 Å². The summed E-state index contributed by atoms with van der Waals surface area (Å²) >= 11 is 1.22. The van der Waals surface area contributed by atoms with Gasteiger partial charge in [-0.1, -0.05) is 13.0 Å². The minimum Gasteiger partial charge on any atom is -0.444 e. The van der Waals surface area contributed by atoms with Gasteiger partial charge in [-0.05, 0) is 57.2 Å². The van der Waals surface area contributed by atoms with Crippen molar-refractivity contribution >= 4 is 28.9 Å². The number of aromatic nitrogens is 2. The van der Waals surface area contributed by atoms with E-state index in [1.165, 1.54) is 11.7 Å². The van der Waals surface area contributed by atoms with Gasteiger partial charge >= 0.3 is 6.09 Å². The zero-order valence-corrected chi connectivity index (χ0v) is 14.9. The summed E-state index contributed by atoms with van der Waals surface area (Å²) in [6.45, 7) is 8.62. The standard InChI is InChI=1S/C17H23N3O2S/c1-11-5-8-15(20(10-11)16(21)22-17(2,3)4)12-6-7-13-14(9-12)19-23-18-13/h6-7,9,11,15H,5,8,10H2,1-4H3. The Morgan fingerprint density at radius 2 is 2.00 bits per heavy atom. The van der Waals surface area contributed by atoms with Crippen molar-refractivity contribution in [2.45, 2.75) is 52.2 Å². The molecule has 23 heavy (non-hydrogen) atoms. The predicted octanol–water partition coefficient (Wildman–Crippen LogP) is 4.40. The molecule has 0 spiro atoms. The molecule has 6 heteroatoms. The van der Waals surface area contributed by atoms with Crippen molar-refractivity contribution in [2.75, 3.05) is 6.54 Å². The van der Waals surface area contributed by atoms with Gasteiger partial charge in [-0.3, -0.25) is 0 Å². The van der Waals surface area contributed by atoms with E-state index in [0.717, 1.165) is 36.0 Å². The average Bonchev–Trinajstić information content (AvgIpc) is 2.92. The first-order valence-electron chi connectivity index (χ1n) is 8.05. The number of fused-ring (bicyclic) bond motifs is 1. The molecule has 1 aliphatic heterocycles. The molecule has 1 amide bonds. The maximum atomic E-state index is 12.6. The maximum Gasteiger partial charge on any atom is 0.410 e. The van der Waals surface area contributed by atoms with E-state index in [0.29, 0.717) is 5.92 Å². The van der Waals surface area contributed by atoms with Crippen LogP contribution in [0.5, 0.6) is 0 Å². The minimum absolute atomic E-state index is 0.0483. The Morgan fingerprint density at radius 1 is 1.26 bits per heavy atom. The normalized spacial score (nSPS) is 22.3. The summed E-state index contributed by atoms with van der Waals surface area (Å²) in [6.07, 6.45) is 1.83. The quantitative estimate of drug-likeness (QED) is 0.776. The summed E-state index contributed by atoms with van der Waals surface area (Å²) in [5.74, 6) is 0.489. The molecule has 1 aromatic heterocycles. The van der Waals surface area contributed by atoms with Crippen LogP contribution in [0, 0.1) is 5.92 Å². The van der Waals surface area contributed by atoms with Gasteiger partial charge in [0.25, 0.3) is 0 Å². The summed E-state index contributed by atoms with van der Waals surface area (Å²) in [7, 11) is 0. The third kappa shape index (κ3) is 3.63. The van der Waals surface area contributed by atoms with Gasteiger partial charge in [0.15, 0.2) is 0 Å². The Hall–Kier alpha value is -1.69. The Kier molecular flexibility index (Phi) is 4.27. The Balaban J connectivity index is 1.89. The summed E-state index contributed by atoms with van der Waals surface area (Å²) in [4.78, 5) is 14.5. The van der Waals surface area contributed by atoms with Crippen LogP contribution < -0.4 is 0 Å². The lowest BCUT2D eigenvalue weighted by atomic mass is 9.90. The van der Waals surface area contributed by atoms with Crippen molar-refractivity contribution in [3.8, 4) is 0 Å². The van der Waals surface area contributed by atoms with Crippen LogP contribution in [0.3, 0.4) is 0 Å². The zero-order valence-electron chi connectivity index (χ0n) is 14.1. The zero-order chi connectivity index (χ0) is 16.6. The highest BCUT2D eigenvalue weighted by atomic mass is 32.1. The largest absolute Gasteiger partial charge is 0.444 e. The van der Waals surface area contributed by atoms with Crippen molar-refractivity contribution in [3.05, 3.63) is 23.8 Å². The molecule has 0 radical (unpaired) electrons. The molecule has 0 aliphatic carbocycles. The van der Waals surface area contributed by atoms with Gasteiger partial charge in [-0.15, -0.1) is 0 Å². The highest BCUT2D eigenvalue weighted by molar-refractivity contribution is 7.00. The number of piperidine rings is 1. The molecule has 2 heterocycles. The van der Waals surface area contributed by atoms with Crippen LogP contribution in [0.4, 0.5) is 4.79 Å². The van der Waals surface area contributed by atoms with Crippen LogP contribution in [0.15, 0.2) is 18.2 Å². The second-order valence-corrected chi connectivity index (χ2v) is 7.87. The number of carbonyl (C=O) groups excluding carboxylic acids is 1. The van der Waals surface area contributed by atoms with E-state index in [1.54, 1.807) is 0 Å². The predicted molar refractivity (Wildman–Crippen MR) is 91.5 cm³/mol. The molecule has 124 valence electrons. The summed E-state index contributed by atoms with van der Waals surface area (Å²) in [5, 5.41) is 0. The first-order valence-corrected chi connectivity index (χ1v) is 8.78. The minimum atomic E-state index is -0.481. The number of ether oxygens (including phenoxy) is 1. The summed E-state index contributed by atoms with van der Waals surface area (Å²) < 4.78 is 14.2. The molecule has 0 bridgehead atoms. The molecule has 2 atom stereocenters. The van der Waals surface area contributed by atoms with Gasteiger partial charge in [-0.2, -0.15) is 8.75 Å². The first-order chi connectivity index (χ1) is 10.8. The molecule has 3 rings (SSSR count). The topological polar surface area (TPSA) is 55.3 Å². The smallest absolute Gasteiger partial charge is 0.410 e. The molecule has 0 N–H and O–H groups in total. The van der Waals surface area contributed by atoms with E-state index in [2.05, 4.69) is 27.8 Å².